The van der Waals surface area contributed by atoms with Crippen LogP contribution in [0.5, 0.6) is 0 Å². The summed E-state index contributed by atoms with van der Waals surface area (Å²) < 4.78 is 0. The summed E-state index contributed by atoms with van der Waals surface area (Å²) in [4.78, 5) is 13.7. The van der Waals surface area contributed by atoms with Crippen LogP contribution in [0.4, 0.5) is 5.69 Å². The van der Waals surface area contributed by atoms with Crippen LogP contribution in [-0.4, -0.2) is 11.9 Å². The zero-order valence-electron chi connectivity index (χ0n) is 9.60. The van der Waals surface area contributed by atoms with Gasteiger partial charge in [-0.2, -0.15) is 0 Å². The van der Waals surface area contributed by atoms with Gasteiger partial charge in [-0.3, -0.25) is 4.79 Å². The van der Waals surface area contributed by atoms with E-state index in [2.05, 4.69) is 37.3 Å². The molecule has 82 valence electrons. The van der Waals surface area contributed by atoms with Gasteiger partial charge in [-0.1, -0.05) is 29.8 Å². The van der Waals surface area contributed by atoms with Crippen molar-refractivity contribution in [2.75, 3.05) is 4.90 Å². The van der Waals surface area contributed by atoms with Crippen molar-refractivity contribution in [3.05, 3.63) is 41.5 Å². The van der Waals surface area contributed by atoms with Crippen LogP contribution in [0.1, 0.15) is 30.4 Å². The first-order valence-electron chi connectivity index (χ1n) is 5.75. The molecule has 0 saturated heterocycles. The van der Waals surface area contributed by atoms with Crippen molar-refractivity contribution in [3.8, 4) is 0 Å². The van der Waals surface area contributed by atoms with E-state index in [-0.39, 0.29) is 5.91 Å². The predicted octanol–water partition coefficient (Wildman–Crippen LogP) is 2.77. The van der Waals surface area contributed by atoms with Crippen molar-refractivity contribution < 1.29 is 4.79 Å². The smallest absolute Gasteiger partial charge is 0.224 e. The Labute approximate surface area is 95.6 Å². The Balaban J connectivity index is 2.17. The molecular formula is C14H15NO. The molecule has 2 atom stereocenters. The predicted molar refractivity (Wildman–Crippen MR) is 64.6 cm³/mol. The van der Waals surface area contributed by atoms with E-state index < -0.39 is 0 Å². The highest BCUT2D eigenvalue weighted by atomic mass is 16.2. The summed E-state index contributed by atoms with van der Waals surface area (Å²) in [7, 11) is 0. The van der Waals surface area contributed by atoms with Crippen molar-refractivity contribution in [2.24, 2.45) is 0 Å². The SMILES string of the molecule is CC(=O)N1c2ccc(C)cc2C2C=CCC21. The lowest BCUT2D eigenvalue weighted by atomic mass is 9.97. The second-order valence-electron chi connectivity index (χ2n) is 4.71. The molecule has 1 aliphatic carbocycles. The largest absolute Gasteiger partial charge is 0.308 e. The van der Waals surface area contributed by atoms with E-state index in [0.717, 1.165) is 12.1 Å². The fourth-order valence-corrected chi connectivity index (χ4v) is 2.96. The zero-order chi connectivity index (χ0) is 11.3. The number of carbonyl (C=O) groups excluding carboxylic acids is 1. The molecule has 1 amide bonds. The first-order chi connectivity index (χ1) is 7.68. The quantitative estimate of drug-likeness (QED) is 0.607. The van der Waals surface area contributed by atoms with Crippen LogP contribution in [-0.2, 0) is 4.79 Å². The monoisotopic (exact) mass is 213 g/mol. The van der Waals surface area contributed by atoms with Crippen LogP contribution in [0.15, 0.2) is 30.4 Å². The summed E-state index contributed by atoms with van der Waals surface area (Å²) in [5.74, 6) is 0.570. The highest BCUT2D eigenvalue weighted by Crippen LogP contribution is 2.46. The van der Waals surface area contributed by atoms with Gasteiger partial charge in [0.1, 0.15) is 0 Å². The standard InChI is InChI=1S/C14H15NO/c1-9-6-7-14-12(8-9)11-4-3-5-13(11)15(14)10(2)16/h3-4,6-8,11,13H,5H2,1-2H3. The van der Waals surface area contributed by atoms with E-state index in [4.69, 9.17) is 0 Å². The lowest BCUT2D eigenvalue weighted by molar-refractivity contribution is -0.116. The topological polar surface area (TPSA) is 20.3 Å². The van der Waals surface area contributed by atoms with Crippen molar-refractivity contribution in [3.63, 3.8) is 0 Å². The molecular weight excluding hydrogens is 198 g/mol. The number of hydrogen-bond donors (Lipinski definition) is 0. The Morgan fingerprint density at radius 2 is 2.25 bits per heavy atom. The number of fused-ring (bicyclic) bond motifs is 3. The van der Waals surface area contributed by atoms with Crippen LogP contribution in [0.25, 0.3) is 0 Å². The van der Waals surface area contributed by atoms with Gasteiger partial charge in [0.2, 0.25) is 5.91 Å². The maximum absolute atomic E-state index is 11.7. The Morgan fingerprint density at radius 1 is 1.44 bits per heavy atom. The number of nitrogens with zero attached hydrogens (tertiary/aromatic N) is 1. The number of amides is 1. The lowest BCUT2D eigenvalue weighted by Gasteiger charge is -2.23. The van der Waals surface area contributed by atoms with Crippen LogP contribution in [0, 0.1) is 6.92 Å². The van der Waals surface area contributed by atoms with Crippen molar-refractivity contribution in [2.45, 2.75) is 32.2 Å². The van der Waals surface area contributed by atoms with E-state index in [9.17, 15) is 4.79 Å². The fourth-order valence-electron chi connectivity index (χ4n) is 2.96. The first-order valence-corrected chi connectivity index (χ1v) is 5.75. The van der Waals surface area contributed by atoms with Gasteiger partial charge in [0.25, 0.3) is 0 Å². The molecule has 0 saturated carbocycles. The molecule has 2 unspecified atom stereocenters. The Morgan fingerprint density at radius 3 is 3.00 bits per heavy atom. The molecule has 16 heavy (non-hydrogen) atoms. The Hall–Kier alpha value is -1.57. The molecule has 1 heterocycles. The Kier molecular flexibility index (Phi) is 1.93. The number of benzene rings is 1. The number of carbonyl (C=O) groups is 1. The molecule has 0 spiro atoms. The fraction of sp³-hybridized carbons (Fsp3) is 0.357. The molecule has 0 fully saturated rings. The summed E-state index contributed by atoms with van der Waals surface area (Å²) in [6.07, 6.45) is 5.42. The molecule has 3 rings (SSSR count). The third-order valence-corrected chi connectivity index (χ3v) is 3.61. The molecule has 0 bridgehead atoms. The summed E-state index contributed by atoms with van der Waals surface area (Å²) in [6.45, 7) is 3.76. The second-order valence-corrected chi connectivity index (χ2v) is 4.71. The second kappa shape index (κ2) is 3.21. The molecule has 0 aromatic heterocycles. The van der Waals surface area contributed by atoms with E-state index >= 15 is 0 Å². The third kappa shape index (κ3) is 1.16. The van der Waals surface area contributed by atoms with E-state index in [0.29, 0.717) is 12.0 Å². The zero-order valence-corrected chi connectivity index (χ0v) is 9.60. The average Bonchev–Trinajstić information content (AvgIpc) is 2.76. The average molecular weight is 213 g/mol. The molecule has 0 N–H and O–H groups in total. The summed E-state index contributed by atoms with van der Waals surface area (Å²) in [5, 5.41) is 0. The van der Waals surface area contributed by atoms with Gasteiger partial charge in [0.15, 0.2) is 0 Å². The molecule has 1 aliphatic heterocycles. The van der Waals surface area contributed by atoms with Crippen LogP contribution in [0.3, 0.4) is 0 Å². The van der Waals surface area contributed by atoms with Crippen LogP contribution >= 0.6 is 0 Å². The summed E-state index contributed by atoms with van der Waals surface area (Å²) >= 11 is 0. The van der Waals surface area contributed by atoms with Crippen molar-refractivity contribution >= 4 is 11.6 Å². The maximum atomic E-state index is 11.7. The van der Waals surface area contributed by atoms with Gasteiger partial charge < -0.3 is 4.90 Å². The van der Waals surface area contributed by atoms with Gasteiger partial charge in [0, 0.05) is 18.5 Å². The number of rotatable bonds is 0. The van der Waals surface area contributed by atoms with Crippen molar-refractivity contribution in [1.82, 2.24) is 0 Å². The van der Waals surface area contributed by atoms with E-state index in [1.807, 2.05) is 4.90 Å². The first kappa shape index (κ1) is 9.64. The third-order valence-electron chi connectivity index (χ3n) is 3.61. The molecule has 2 aliphatic rings. The molecule has 2 nitrogen and oxygen atoms in total. The lowest BCUT2D eigenvalue weighted by Crippen LogP contribution is -2.35. The van der Waals surface area contributed by atoms with Crippen molar-refractivity contribution in [1.29, 1.82) is 0 Å². The maximum Gasteiger partial charge on any atom is 0.224 e. The van der Waals surface area contributed by atoms with Crippen LogP contribution < -0.4 is 4.90 Å². The Bertz CT molecular complexity index is 490. The van der Waals surface area contributed by atoms with Gasteiger partial charge in [-0.15, -0.1) is 0 Å². The minimum atomic E-state index is 0.154. The molecule has 0 radical (unpaired) electrons. The van der Waals surface area contributed by atoms with E-state index in [1.54, 1.807) is 6.92 Å². The summed E-state index contributed by atoms with van der Waals surface area (Å²) in [5.41, 5.74) is 3.69. The number of anilines is 1. The number of hydrogen-bond acceptors (Lipinski definition) is 1. The van der Waals surface area contributed by atoms with Gasteiger partial charge in [-0.25, -0.2) is 0 Å². The van der Waals surface area contributed by atoms with E-state index in [1.165, 1.54) is 11.1 Å². The molecule has 2 heteroatoms. The minimum Gasteiger partial charge on any atom is -0.308 e. The van der Waals surface area contributed by atoms with Gasteiger partial charge in [0.05, 0.1) is 6.04 Å². The highest BCUT2D eigenvalue weighted by Gasteiger charge is 2.40. The van der Waals surface area contributed by atoms with Crippen LogP contribution in [0.2, 0.25) is 0 Å². The number of aryl methyl sites for hydroxylation is 1. The van der Waals surface area contributed by atoms with Gasteiger partial charge in [-0.05, 0) is 25.0 Å². The normalized spacial score (nSPS) is 25.8. The molecule has 1 aromatic rings. The highest BCUT2D eigenvalue weighted by molar-refractivity contribution is 5.95. The molecule has 1 aromatic carbocycles. The van der Waals surface area contributed by atoms with Gasteiger partial charge >= 0.3 is 0 Å². The summed E-state index contributed by atoms with van der Waals surface area (Å²) in [6, 6.07) is 6.71. The minimum absolute atomic E-state index is 0.154.